The third-order valence-electron chi connectivity index (χ3n) is 8.20. The van der Waals surface area contributed by atoms with Gasteiger partial charge < -0.3 is 14.7 Å². The summed E-state index contributed by atoms with van der Waals surface area (Å²) >= 11 is 2.89. The van der Waals surface area contributed by atoms with Crippen LogP contribution in [0.1, 0.15) is 78.0 Å². The summed E-state index contributed by atoms with van der Waals surface area (Å²) in [5, 5.41) is 12.2. The number of thiazole rings is 1. The Bertz CT molecular complexity index is 1360. The molecule has 1 saturated carbocycles. The number of carbonyl (C=O) groups excluding carboxylic acids is 1. The number of hydrogen-bond donors (Lipinski definition) is 1. The highest BCUT2D eigenvalue weighted by Crippen LogP contribution is 2.41. The molecule has 2 aliphatic carbocycles. The number of carboxylic acid groups (broad SMARTS) is 1. The zero-order valence-corrected chi connectivity index (χ0v) is 23.2. The maximum absolute atomic E-state index is 14.0. The van der Waals surface area contributed by atoms with Crippen LogP contribution in [0.4, 0.5) is 5.69 Å². The van der Waals surface area contributed by atoms with Gasteiger partial charge >= 0.3 is 5.97 Å². The third-order valence-corrected chi connectivity index (χ3v) is 10.1. The molecule has 0 aromatic carbocycles. The Kier molecular flexibility index (Phi) is 7.24. The molecule has 0 radical (unpaired) electrons. The van der Waals surface area contributed by atoms with Crippen molar-refractivity contribution < 1.29 is 19.4 Å². The van der Waals surface area contributed by atoms with E-state index in [0.29, 0.717) is 24.8 Å². The lowest BCUT2D eigenvalue weighted by atomic mass is 9.82. The van der Waals surface area contributed by atoms with Crippen LogP contribution in [0.3, 0.4) is 0 Å². The van der Waals surface area contributed by atoms with E-state index >= 15 is 0 Å². The van der Waals surface area contributed by atoms with Gasteiger partial charge in [-0.2, -0.15) is 0 Å². The first-order valence-corrected chi connectivity index (χ1v) is 15.3. The van der Waals surface area contributed by atoms with Gasteiger partial charge in [0.1, 0.15) is 4.88 Å². The molecule has 4 heterocycles. The van der Waals surface area contributed by atoms with Gasteiger partial charge in [0, 0.05) is 53.7 Å². The molecule has 9 heteroatoms. The Morgan fingerprint density at radius 3 is 2.63 bits per heavy atom. The molecule has 200 valence electrons. The minimum absolute atomic E-state index is 0.0359. The number of aromatic carboxylic acids is 1. The predicted octanol–water partition coefficient (Wildman–Crippen LogP) is 6.62. The molecule has 1 saturated heterocycles. The Balaban J connectivity index is 1.29. The van der Waals surface area contributed by atoms with Crippen molar-refractivity contribution in [3.05, 3.63) is 57.5 Å². The van der Waals surface area contributed by atoms with E-state index in [4.69, 9.17) is 9.72 Å². The summed E-state index contributed by atoms with van der Waals surface area (Å²) in [5.41, 5.74) is 2.60. The second-order valence-corrected chi connectivity index (χ2v) is 12.7. The molecule has 1 atom stereocenters. The number of aromatic nitrogens is 2. The van der Waals surface area contributed by atoms with Crippen molar-refractivity contribution in [1.29, 1.82) is 0 Å². The number of fused-ring (bicyclic) bond motifs is 1. The lowest BCUT2D eigenvalue weighted by molar-refractivity contribution is -0.124. The van der Waals surface area contributed by atoms with Gasteiger partial charge in [-0.25, -0.2) is 9.78 Å². The SMILES string of the molecule is C[C@H]1CC[C@H](C(=O)N(c2cc(C3=CCC(c4cn5ccsc5n4)C=C3)sc2C(=O)O)C2CCOCC2)CC1. The number of nitrogens with zero attached hydrogens (tertiary/aromatic N) is 3. The van der Waals surface area contributed by atoms with Crippen molar-refractivity contribution in [1.82, 2.24) is 9.38 Å². The van der Waals surface area contributed by atoms with Crippen LogP contribution in [0.5, 0.6) is 0 Å². The van der Waals surface area contributed by atoms with E-state index in [1.807, 2.05) is 26.9 Å². The summed E-state index contributed by atoms with van der Waals surface area (Å²) in [5.74, 6) is -0.0973. The Morgan fingerprint density at radius 1 is 1.16 bits per heavy atom. The van der Waals surface area contributed by atoms with E-state index in [1.54, 1.807) is 11.3 Å². The fraction of sp³-hybridized carbons (Fsp3) is 0.483. The molecule has 1 unspecified atom stereocenters. The second kappa shape index (κ2) is 10.8. The van der Waals surface area contributed by atoms with Crippen LogP contribution < -0.4 is 4.90 Å². The minimum atomic E-state index is -0.977. The number of thiophene rings is 1. The van der Waals surface area contributed by atoms with Crippen molar-refractivity contribution >= 4 is 50.8 Å². The van der Waals surface area contributed by atoms with Crippen molar-refractivity contribution in [2.24, 2.45) is 11.8 Å². The van der Waals surface area contributed by atoms with E-state index in [0.717, 1.165) is 66.1 Å². The van der Waals surface area contributed by atoms with E-state index in [9.17, 15) is 14.7 Å². The fourth-order valence-electron chi connectivity index (χ4n) is 5.94. The molecule has 3 aromatic rings. The van der Waals surface area contributed by atoms with Gasteiger partial charge in [-0.05, 0) is 62.5 Å². The largest absolute Gasteiger partial charge is 0.477 e. The van der Waals surface area contributed by atoms with Crippen LogP contribution in [0.25, 0.3) is 10.5 Å². The van der Waals surface area contributed by atoms with Crippen molar-refractivity contribution in [3.8, 4) is 0 Å². The molecular weight excluding hydrogens is 518 g/mol. The van der Waals surface area contributed by atoms with Crippen LogP contribution in [0, 0.1) is 11.8 Å². The first kappa shape index (κ1) is 25.5. The molecule has 1 N–H and O–H groups in total. The lowest BCUT2D eigenvalue weighted by Gasteiger charge is -2.37. The molecule has 1 amide bonds. The van der Waals surface area contributed by atoms with Gasteiger partial charge in [0.05, 0.1) is 11.4 Å². The maximum atomic E-state index is 14.0. The minimum Gasteiger partial charge on any atom is -0.477 e. The Hall–Kier alpha value is -2.75. The lowest BCUT2D eigenvalue weighted by Crippen LogP contribution is -2.47. The van der Waals surface area contributed by atoms with Crippen LogP contribution in [0.15, 0.2) is 42.1 Å². The number of hydrogen-bond acceptors (Lipinski definition) is 6. The summed E-state index contributed by atoms with van der Waals surface area (Å²) in [6.07, 6.45) is 16.6. The third kappa shape index (κ3) is 4.99. The van der Waals surface area contributed by atoms with Gasteiger partial charge in [0.2, 0.25) is 5.91 Å². The molecule has 6 rings (SSSR count). The molecule has 1 aliphatic heterocycles. The topological polar surface area (TPSA) is 84.1 Å². The number of carboxylic acids is 1. The normalized spacial score (nSPS) is 24.4. The second-order valence-electron chi connectivity index (χ2n) is 10.8. The van der Waals surface area contributed by atoms with Gasteiger partial charge in [-0.15, -0.1) is 22.7 Å². The molecule has 3 aromatic heterocycles. The zero-order chi connectivity index (χ0) is 26.2. The number of carbonyl (C=O) groups is 2. The van der Waals surface area contributed by atoms with E-state index < -0.39 is 5.97 Å². The number of amides is 1. The van der Waals surface area contributed by atoms with E-state index in [1.165, 1.54) is 11.3 Å². The Morgan fingerprint density at radius 2 is 1.95 bits per heavy atom. The van der Waals surface area contributed by atoms with Gasteiger partial charge in [0.25, 0.3) is 0 Å². The first-order valence-electron chi connectivity index (χ1n) is 13.6. The van der Waals surface area contributed by atoms with E-state index in [-0.39, 0.29) is 28.7 Å². The molecule has 38 heavy (non-hydrogen) atoms. The van der Waals surface area contributed by atoms with Crippen molar-refractivity contribution in [2.45, 2.75) is 63.8 Å². The van der Waals surface area contributed by atoms with E-state index in [2.05, 4.69) is 31.3 Å². The molecular formula is C29H33N3O4S2. The monoisotopic (exact) mass is 551 g/mol. The van der Waals surface area contributed by atoms with Crippen LogP contribution in [0.2, 0.25) is 0 Å². The quantitative estimate of drug-likeness (QED) is 0.372. The fourth-order valence-corrected chi connectivity index (χ4v) is 7.66. The van der Waals surface area contributed by atoms with Crippen LogP contribution in [-0.4, -0.2) is 45.6 Å². The smallest absolute Gasteiger partial charge is 0.348 e. The summed E-state index contributed by atoms with van der Waals surface area (Å²) in [6.45, 7) is 3.43. The molecule has 0 bridgehead atoms. The number of ether oxygens (including phenoxy) is 1. The predicted molar refractivity (Wildman–Crippen MR) is 151 cm³/mol. The molecule has 0 spiro atoms. The number of allylic oxidation sites excluding steroid dienone is 4. The standard InChI is InChI=1S/C29H33N3O4S2/c1-18-2-4-21(5-3-18)27(33)32(22-10-13-36-14-11-22)24-16-25(38-26(24)28(34)35)20-8-6-19(7-9-20)23-17-31-12-15-37-29(31)30-23/h6,8-9,12,15-19,21-22H,2-5,7,10-11,13-14H2,1H3,(H,34,35)/t18-,19?,21-. The summed E-state index contributed by atoms with van der Waals surface area (Å²) in [4.78, 5) is 35.1. The maximum Gasteiger partial charge on any atom is 0.348 e. The highest BCUT2D eigenvalue weighted by Gasteiger charge is 2.36. The first-order chi connectivity index (χ1) is 18.5. The van der Waals surface area contributed by atoms with Crippen molar-refractivity contribution in [3.63, 3.8) is 0 Å². The van der Waals surface area contributed by atoms with Crippen molar-refractivity contribution in [2.75, 3.05) is 18.1 Å². The summed E-state index contributed by atoms with van der Waals surface area (Å²) in [6, 6.07) is 1.90. The summed E-state index contributed by atoms with van der Waals surface area (Å²) < 4.78 is 7.64. The van der Waals surface area contributed by atoms with Gasteiger partial charge in [-0.1, -0.05) is 25.2 Å². The average Bonchev–Trinajstić information content (AvgIpc) is 3.66. The summed E-state index contributed by atoms with van der Waals surface area (Å²) in [7, 11) is 0. The van der Waals surface area contributed by atoms with Gasteiger partial charge in [0.15, 0.2) is 4.96 Å². The molecule has 3 aliphatic rings. The highest BCUT2D eigenvalue weighted by molar-refractivity contribution is 7.15. The number of imidazole rings is 1. The molecule has 7 nitrogen and oxygen atoms in total. The zero-order valence-electron chi connectivity index (χ0n) is 21.5. The number of anilines is 1. The van der Waals surface area contributed by atoms with Crippen LogP contribution in [-0.2, 0) is 9.53 Å². The Labute approximate surface area is 230 Å². The highest BCUT2D eigenvalue weighted by atomic mass is 32.1. The molecule has 2 fully saturated rings. The van der Waals surface area contributed by atoms with Gasteiger partial charge in [-0.3, -0.25) is 9.20 Å². The van der Waals surface area contributed by atoms with Crippen LogP contribution >= 0.6 is 22.7 Å². The average molecular weight is 552 g/mol. The number of rotatable bonds is 6.